The van der Waals surface area contributed by atoms with E-state index in [1.807, 2.05) is 12.3 Å². The van der Waals surface area contributed by atoms with Crippen molar-refractivity contribution in [1.82, 2.24) is 15.2 Å². The Morgan fingerprint density at radius 2 is 1.96 bits per heavy atom. The van der Waals surface area contributed by atoms with E-state index in [4.69, 9.17) is 4.74 Å². The maximum absolute atomic E-state index is 5.11. The molecule has 1 aromatic heterocycles. The molecule has 3 rings (SSSR count). The van der Waals surface area contributed by atoms with E-state index in [2.05, 4.69) is 65.4 Å². The predicted octanol–water partition coefficient (Wildman–Crippen LogP) is 3.23. The van der Waals surface area contributed by atoms with Crippen LogP contribution in [-0.2, 0) is 13.1 Å². The minimum Gasteiger partial charge on any atom is -0.481 e. The topological polar surface area (TPSA) is 37.4 Å². The lowest BCUT2D eigenvalue weighted by Gasteiger charge is -2.31. The molecule has 2 aromatic rings. The van der Waals surface area contributed by atoms with E-state index in [9.17, 15) is 0 Å². The number of ether oxygens (including phenoxy) is 1. The SMILES string of the molecule is COc1ccc(CNC2CN(Cc3ccccc3)C(C)(C)C2)cn1. The molecule has 0 amide bonds. The smallest absolute Gasteiger partial charge is 0.212 e. The molecule has 1 aliphatic rings. The molecule has 1 fully saturated rings. The molecule has 1 N–H and O–H groups in total. The average molecular weight is 325 g/mol. The van der Waals surface area contributed by atoms with Crippen molar-refractivity contribution < 1.29 is 4.74 Å². The minimum absolute atomic E-state index is 0.214. The molecule has 1 aliphatic heterocycles. The Balaban J connectivity index is 1.56. The maximum atomic E-state index is 5.11. The second kappa shape index (κ2) is 7.32. The molecule has 4 heteroatoms. The number of hydrogen-bond donors (Lipinski definition) is 1. The normalized spacial score (nSPS) is 20.2. The predicted molar refractivity (Wildman–Crippen MR) is 97.0 cm³/mol. The van der Waals surface area contributed by atoms with Crippen LogP contribution in [0.15, 0.2) is 48.7 Å². The Kier molecular flexibility index (Phi) is 5.17. The summed E-state index contributed by atoms with van der Waals surface area (Å²) in [7, 11) is 1.64. The zero-order valence-electron chi connectivity index (χ0n) is 14.8. The highest BCUT2D eigenvalue weighted by Gasteiger charge is 2.37. The molecule has 4 nitrogen and oxygen atoms in total. The molecule has 0 spiro atoms. The van der Waals surface area contributed by atoms with Crippen molar-refractivity contribution in [3.05, 3.63) is 59.8 Å². The summed E-state index contributed by atoms with van der Waals surface area (Å²) >= 11 is 0. The number of nitrogens with zero attached hydrogens (tertiary/aromatic N) is 2. The highest BCUT2D eigenvalue weighted by molar-refractivity contribution is 5.18. The number of rotatable bonds is 6. The fraction of sp³-hybridized carbons (Fsp3) is 0.450. The fourth-order valence-corrected chi connectivity index (χ4v) is 3.43. The highest BCUT2D eigenvalue weighted by atomic mass is 16.5. The molecular weight excluding hydrogens is 298 g/mol. The summed E-state index contributed by atoms with van der Waals surface area (Å²) in [6.07, 6.45) is 3.04. The van der Waals surface area contributed by atoms with Crippen molar-refractivity contribution in [3.63, 3.8) is 0 Å². The lowest BCUT2D eigenvalue weighted by molar-refractivity contribution is 0.166. The molecule has 0 saturated carbocycles. The molecule has 24 heavy (non-hydrogen) atoms. The van der Waals surface area contributed by atoms with E-state index in [1.165, 1.54) is 11.1 Å². The van der Waals surface area contributed by atoms with Crippen LogP contribution in [0, 0.1) is 0 Å². The van der Waals surface area contributed by atoms with Gasteiger partial charge in [-0.2, -0.15) is 0 Å². The van der Waals surface area contributed by atoms with Crippen molar-refractivity contribution >= 4 is 0 Å². The molecule has 1 saturated heterocycles. The van der Waals surface area contributed by atoms with E-state index in [-0.39, 0.29) is 5.54 Å². The molecule has 1 atom stereocenters. The summed E-state index contributed by atoms with van der Waals surface area (Å²) in [6, 6.07) is 15.2. The Labute approximate surface area is 144 Å². The first-order valence-electron chi connectivity index (χ1n) is 8.58. The van der Waals surface area contributed by atoms with Crippen molar-refractivity contribution in [2.45, 2.75) is 44.9 Å². The van der Waals surface area contributed by atoms with Crippen LogP contribution in [0.2, 0.25) is 0 Å². The summed E-state index contributed by atoms with van der Waals surface area (Å²) in [6.45, 7) is 7.61. The number of likely N-dealkylation sites (tertiary alicyclic amines) is 1. The number of nitrogens with one attached hydrogen (secondary N) is 1. The van der Waals surface area contributed by atoms with Gasteiger partial charge in [-0.3, -0.25) is 4.90 Å². The first-order chi connectivity index (χ1) is 11.6. The van der Waals surface area contributed by atoms with Crippen LogP contribution in [0.4, 0.5) is 0 Å². The monoisotopic (exact) mass is 325 g/mol. The Morgan fingerprint density at radius 1 is 1.17 bits per heavy atom. The van der Waals surface area contributed by atoms with Crippen molar-refractivity contribution in [3.8, 4) is 5.88 Å². The zero-order chi connectivity index (χ0) is 17.0. The first kappa shape index (κ1) is 16.9. The summed E-state index contributed by atoms with van der Waals surface area (Å²) in [5, 5.41) is 3.68. The van der Waals surface area contributed by atoms with E-state index >= 15 is 0 Å². The molecule has 0 radical (unpaired) electrons. The number of pyridine rings is 1. The van der Waals surface area contributed by atoms with Gasteiger partial charge < -0.3 is 10.1 Å². The Bertz CT molecular complexity index is 640. The van der Waals surface area contributed by atoms with Crippen molar-refractivity contribution in [2.24, 2.45) is 0 Å². The van der Waals surface area contributed by atoms with Gasteiger partial charge in [-0.1, -0.05) is 36.4 Å². The van der Waals surface area contributed by atoms with Gasteiger partial charge in [0, 0.05) is 43.5 Å². The van der Waals surface area contributed by atoms with Crippen LogP contribution < -0.4 is 10.1 Å². The van der Waals surface area contributed by atoms with E-state index in [0.717, 1.165) is 26.1 Å². The van der Waals surface area contributed by atoms with Gasteiger partial charge in [0.15, 0.2) is 0 Å². The second-order valence-electron chi connectivity index (χ2n) is 7.17. The van der Waals surface area contributed by atoms with Crippen LogP contribution in [0.5, 0.6) is 5.88 Å². The molecule has 1 aromatic carbocycles. The molecule has 0 bridgehead atoms. The van der Waals surface area contributed by atoms with Crippen LogP contribution >= 0.6 is 0 Å². The van der Waals surface area contributed by atoms with Gasteiger partial charge in [0.05, 0.1) is 7.11 Å². The number of benzene rings is 1. The molecular formula is C20H27N3O. The number of aromatic nitrogens is 1. The zero-order valence-corrected chi connectivity index (χ0v) is 14.8. The summed E-state index contributed by atoms with van der Waals surface area (Å²) in [5.41, 5.74) is 2.78. The molecule has 2 heterocycles. The fourth-order valence-electron chi connectivity index (χ4n) is 3.43. The maximum Gasteiger partial charge on any atom is 0.212 e. The van der Waals surface area contributed by atoms with Gasteiger partial charge in [-0.15, -0.1) is 0 Å². The molecule has 0 aliphatic carbocycles. The number of methoxy groups -OCH3 is 1. The number of hydrogen-bond acceptors (Lipinski definition) is 4. The Morgan fingerprint density at radius 3 is 2.62 bits per heavy atom. The largest absolute Gasteiger partial charge is 0.481 e. The van der Waals surface area contributed by atoms with E-state index in [1.54, 1.807) is 7.11 Å². The molecule has 128 valence electrons. The third-order valence-electron chi connectivity index (χ3n) is 4.86. The third kappa shape index (κ3) is 4.13. The first-order valence-corrected chi connectivity index (χ1v) is 8.58. The van der Waals surface area contributed by atoms with E-state index < -0.39 is 0 Å². The van der Waals surface area contributed by atoms with Gasteiger partial charge in [-0.05, 0) is 31.4 Å². The van der Waals surface area contributed by atoms with Gasteiger partial charge in [-0.25, -0.2) is 4.98 Å². The van der Waals surface area contributed by atoms with Gasteiger partial charge in [0.2, 0.25) is 5.88 Å². The van der Waals surface area contributed by atoms with Crippen LogP contribution in [0.1, 0.15) is 31.4 Å². The lowest BCUT2D eigenvalue weighted by atomic mass is 9.99. The van der Waals surface area contributed by atoms with Crippen LogP contribution in [-0.4, -0.2) is 35.1 Å². The third-order valence-corrected chi connectivity index (χ3v) is 4.86. The minimum atomic E-state index is 0.214. The quantitative estimate of drug-likeness (QED) is 0.885. The van der Waals surface area contributed by atoms with Gasteiger partial charge in [0.1, 0.15) is 0 Å². The summed E-state index contributed by atoms with van der Waals surface area (Å²) in [5.74, 6) is 0.662. The van der Waals surface area contributed by atoms with Crippen molar-refractivity contribution in [2.75, 3.05) is 13.7 Å². The van der Waals surface area contributed by atoms with Crippen molar-refractivity contribution in [1.29, 1.82) is 0 Å². The van der Waals surface area contributed by atoms with Gasteiger partial charge in [0.25, 0.3) is 0 Å². The van der Waals surface area contributed by atoms with Gasteiger partial charge >= 0.3 is 0 Å². The van der Waals surface area contributed by atoms with Crippen LogP contribution in [0.3, 0.4) is 0 Å². The Hall–Kier alpha value is -1.91. The van der Waals surface area contributed by atoms with E-state index in [0.29, 0.717) is 11.9 Å². The van der Waals surface area contributed by atoms with Crippen LogP contribution in [0.25, 0.3) is 0 Å². The summed E-state index contributed by atoms with van der Waals surface area (Å²) < 4.78 is 5.11. The molecule has 1 unspecified atom stereocenters. The second-order valence-corrected chi connectivity index (χ2v) is 7.17. The highest BCUT2D eigenvalue weighted by Crippen LogP contribution is 2.30. The average Bonchev–Trinajstić information content (AvgIpc) is 2.88. The lowest BCUT2D eigenvalue weighted by Crippen LogP contribution is -2.37. The standard InChI is InChI=1S/C20H27N3O/c1-20(2)11-18(15-23(20)14-16-7-5-4-6-8-16)21-12-17-9-10-19(24-3)22-13-17/h4-10,13,18,21H,11-12,14-15H2,1-3H3. The summed E-state index contributed by atoms with van der Waals surface area (Å²) in [4.78, 5) is 6.84.